The third-order valence-electron chi connectivity index (χ3n) is 4.93. The number of aliphatic hydroxyl groups excluding tert-OH is 1. The molecule has 6 nitrogen and oxygen atoms in total. The Kier molecular flexibility index (Phi) is 9.98. The molecule has 0 saturated heterocycles. The normalized spacial score (nSPS) is 19.6. The summed E-state index contributed by atoms with van der Waals surface area (Å²) in [5, 5.41) is 20.4. The van der Waals surface area contributed by atoms with Gasteiger partial charge in [-0.1, -0.05) is 44.2 Å². The lowest BCUT2D eigenvalue weighted by Gasteiger charge is -2.37. The van der Waals surface area contributed by atoms with E-state index in [1.54, 1.807) is 27.5 Å². The molecule has 8 heteroatoms. The van der Waals surface area contributed by atoms with Gasteiger partial charge in [0.1, 0.15) is 5.60 Å². The topological polar surface area (TPSA) is 88.4 Å². The summed E-state index contributed by atoms with van der Waals surface area (Å²) >= 11 is 0. The molecule has 0 heterocycles. The molecule has 162 valence electrons. The van der Waals surface area contributed by atoms with Gasteiger partial charge in [-0.2, -0.15) is 0 Å². The van der Waals surface area contributed by atoms with E-state index < -0.39 is 28.8 Å². The number of rotatable bonds is 13. The first-order chi connectivity index (χ1) is 12.9. The number of aliphatic hydroxyl groups is 2. The van der Waals surface area contributed by atoms with Crippen molar-refractivity contribution in [2.45, 2.75) is 64.5 Å². The van der Waals surface area contributed by atoms with Crippen LogP contribution in [-0.4, -0.2) is 64.2 Å². The zero-order chi connectivity index (χ0) is 21.4. The molecule has 28 heavy (non-hydrogen) atoms. The molecule has 1 aromatic carbocycles. The molecule has 0 aromatic heterocycles. The Morgan fingerprint density at radius 1 is 1.14 bits per heavy atom. The molecule has 1 rings (SSSR count). The number of hydrogen-bond donors (Lipinski definition) is 3. The molecule has 0 saturated carbocycles. The maximum absolute atomic E-state index is 11.1. The van der Waals surface area contributed by atoms with Gasteiger partial charge in [0, 0.05) is 13.7 Å². The van der Waals surface area contributed by atoms with Crippen molar-refractivity contribution in [1.82, 2.24) is 0 Å². The van der Waals surface area contributed by atoms with E-state index in [2.05, 4.69) is 13.8 Å². The van der Waals surface area contributed by atoms with Gasteiger partial charge in [0.05, 0.1) is 12.7 Å². The second-order valence-electron chi connectivity index (χ2n) is 8.35. The second-order valence-corrected chi connectivity index (χ2v) is 14.9. The number of ether oxygens (including phenoxy) is 1. The molecule has 0 amide bonds. The fraction of sp³-hybridized carbons (Fsp3) is 0.700. The van der Waals surface area contributed by atoms with E-state index in [1.807, 2.05) is 30.3 Å². The fourth-order valence-electron chi connectivity index (χ4n) is 3.06. The predicted octanol–water partition coefficient (Wildman–Crippen LogP) is 2.26. The average Bonchev–Trinajstić information content (AvgIpc) is 2.61. The molecular formula is C20H38O6Si2. The van der Waals surface area contributed by atoms with Crippen molar-refractivity contribution < 1.29 is 28.3 Å². The molecule has 4 atom stereocenters. The van der Waals surface area contributed by atoms with E-state index in [-0.39, 0.29) is 6.61 Å². The van der Waals surface area contributed by atoms with Gasteiger partial charge >= 0.3 is 17.1 Å². The third-order valence-corrected chi connectivity index (χ3v) is 12.7. The first-order valence-electron chi connectivity index (χ1n) is 9.95. The molecule has 0 spiro atoms. The SMILES string of the molecule is CO[Si](CCCOCC(C)(O)C(C)O)(CC(C)C)O[Si](C)(O)c1ccccc1. The van der Waals surface area contributed by atoms with Crippen LogP contribution in [0.15, 0.2) is 30.3 Å². The third kappa shape index (κ3) is 8.04. The summed E-state index contributed by atoms with van der Waals surface area (Å²) in [4.78, 5) is 11.1. The van der Waals surface area contributed by atoms with Crippen molar-refractivity contribution in [3.63, 3.8) is 0 Å². The fourth-order valence-corrected chi connectivity index (χ4v) is 10.8. The Bertz CT molecular complexity index is 565. The van der Waals surface area contributed by atoms with Gasteiger partial charge in [-0.25, -0.2) is 0 Å². The summed E-state index contributed by atoms with van der Waals surface area (Å²) in [5.74, 6) is 0.379. The van der Waals surface area contributed by atoms with Crippen LogP contribution < -0.4 is 5.19 Å². The van der Waals surface area contributed by atoms with E-state index in [4.69, 9.17) is 13.3 Å². The first-order valence-corrected chi connectivity index (χ1v) is 14.5. The van der Waals surface area contributed by atoms with E-state index >= 15 is 0 Å². The van der Waals surface area contributed by atoms with Crippen molar-refractivity contribution in [2.75, 3.05) is 20.3 Å². The molecule has 3 N–H and O–H groups in total. The zero-order valence-corrected chi connectivity index (χ0v) is 20.1. The molecule has 0 bridgehead atoms. The molecule has 0 aliphatic heterocycles. The van der Waals surface area contributed by atoms with E-state index in [9.17, 15) is 15.0 Å². The summed E-state index contributed by atoms with van der Waals surface area (Å²) in [7, 11) is -4.07. The zero-order valence-electron chi connectivity index (χ0n) is 18.1. The summed E-state index contributed by atoms with van der Waals surface area (Å²) in [6, 6.07) is 11.0. The van der Waals surface area contributed by atoms with Gasteiger partial charge in [-0.3, -0.25) is 0 Å². The predicted molar refractivity (Wildman–Crippen MR) is 116 cm³/mol. The summed E-state index contributed by atoms with van der Waals surface area (Å²) in [6.07, 6.45) is -0.168. The van der Waals surface area contributed by atoms with Gasteiger partial charge in [-0.15, -0.1) is 0 Å². The largest absolute Gasteiger partial charge is 0.411 e. The number of hydrogen-bond acceptors (Lipinski definition) is 6. The minimum absolute atomic E-state index is 0.0632. The van der Waals surface area contributed by atoms with Gasteiger partial charge in [0.15, 0.2) is 0 Å². The molecule has 1 aromatic rings. The van der Waals surface area contributed by atoms with Crippen LogP contribution in [0.2, 0.25) is 18.6 Å². The molecule has 4 unspecified atom stereocenters. The summed E-state index contributed by atoms with van der Waals surface area (Å²) < 4.78 is 17.9. The Morgan fingerprint density at radius 3 is 2.25 bits per heavy atom. The lowest BCUT2D eigenvalue weighted by atomic mass is 10.0. The Morgan fingerprint density at radius 2 is 1.75 bits per heavy atom. The summed E-state index contributed by atoms with van der Waals surface area (Å²) in [5.41, 5.74) is -1.27. The van der Waals surface area contributed by atoms with Crippen LogP contribution in [0.3, 0.4) is 0 Å². The maximum Gasteiger partial charge on any atom is 0.357 e. The first kappa shape index (κ1) is 25.5. The van der Waals surface area contributed by atoms with Crippen LogP contribution in [0, 0.1) is 5.92 Å². The highest BCUT2D eigenvalue weighted by atomic mass is 28.5. The lowest BCUT2D eigenvalue weighted by molar-refractivity contribution is -0.102. The van der Waals surface area contributed by atoms with E-state index in [0.717, 1.165) is 11.2 Å². The van der Waals surface area contributed by atoms with Crippen LogP contribution in [0.25, 0.3) is 0 Å². The van der Waals surface area contributed by atoms with Crippen molar-refractivity contribution in [1.29, 1.82) is 0 Å². The monoisotopic (exact) mass is 430 g/mol. The highest BCUT2D eigenvalue weighted by molar-refractivity contribution is 6.87. The maximum atomic E-state index is 11.1. The average molecular weight is 431 g/mol. The van der Waals surface area contributed by atoms with Crippen LogP contribution in [-0.2, 0) is 13.3 Å². The lowest BCUT2D eigenvalue weighted by Crippen LogP contribution is -2.58. The quantitative estimate of drug-likeness (QED) is 0.329. The minimum Gasteiger partial charge on any atom is -0.411 e. The smallest absolute Gasteiger partial charge is 0.357 e. The van der Waals surface area contributed by atoms with Crippen molar-refractivity contribution in [2.24, 2.45) is 5.92 Å². The molecule has 0 radical (unpaired) electrons. The molecule has 0 fully saturated rings. The Hall–Kier alpha value is -0.586. The van der Waals surface area contributed by atoms with Crippen molar-refractivity contribution in [3.05, 3.63) is 30.3 Å². The molecular weight excluding hydrogens is 392 g/mol. The standard InChI is InChI=1S/C20H38O6Si2/c1-17(2)15-28(24-5,14-10-13-25-16-20(4,22)18(3)21)26-27(6,23)19-11-8-7-9-12-19/h7-9,11-12,17-18,21-23H,10,13-16H2,1-6H3. The van der Waals surface area contributed by atoms with Gasteiger partial charge in [0.2, 0.25) is 0 Å². The van der Waals surface area contributed by atoms with Gasteiger partial charge in [-0.05, 0) is 50.0 Å². The number of benzene rings is 1. The van der Waals surface area contributed by atoms with Crippen LogP contribution >= 0.6 is 0 Å². The highest BCUT2D eigenvalue weighted by Crippen LogP contribution is 2.28. The van der Waals surface area contributed by atoms with Crippen LogP contribution in [0.5, 0.6) is 0 Å². The molecule has 0 aliphatic rings. The van der Waals surface area contributed by atoms with E-state index in [1.165, 1.54) is 0 Å². The van der Waals surface area contributed by atoms with E-state index in [0.29, 0.717) is 25.0 Å². The van der Waals surface area contributed by atoms with Gasteiger partial charge < -0.3 is 28.3 Å². The Labute approximate surface area is 172 Å². The molecule has 0 aliphatic carbocycles. The van der Waals surface area contributed by atoms with Crippen molar-refractivity contribution in [3.8, 4) is 0 Å². The van der Waals surface area contributed by atoms with Crippen molar-refractivity contribution >= 4 is 22.3 Å². The summed E-state index contributed by atoms with van der Waals surface area (Å²) in [6.45, 7) is 9.62. The van der Waals surface area contributed by atoms with Gasteiger partial charge in [0.25, 0.3) is 0 Å². The highest BCUT2D eigenvalue weighted by Gasteiger charge is 2.45. The van der Waals surface area contributed by atoms with Crippen LogP contribution in [0.1, 0.15) is 34.1 Å². The Balaban J connectivity index is 2.76. The van der Waals surface area contributed by atoms with Crippen LogP contribution in [0.4, 0.5) is 0 Å². The minimum atomic E-state index is -3.09. The second kappa shape index (κ2) is 11.0.